The quantitative estimate of drug-likeness (QED) is 0.548. The monoisotopic (exact) mass is 445 g/mol. The van der Waals surface area contributed by atoms with Gasteiger partial charge in [0.1, 0.15) is 19.7 Å². The third-order valence-electron chi connectivity index (χ3n) is 4.58. The van der Waals surface area contributed by atoms with E-state index in [1.807, 2.05) is 24.3 Å². The fraction of sp³-hybridized carbons (Fsp3) is 0.174. The molecule has 3 aromatic carbocycles. The van der Waals surface area contributed by atoms with Crippen molar-refractivity contribution in [2.45, 2.75) is 19.7 Å². The Hall–Kier alpha value is -2.73. The van der Waals surface area contributed by atoms with Gasteiger partial charge in [-0.05, 0) is 35.9 Å². The molecule has 0 bridgehead atoms. The van der Waals surface area contributed by atoms with E-state index in [4.69, 9.17) is 32.7 Å². The number of aromatic carboxylic acids is 1. The van der Waals surface area contributed by atoms with Gasteiger partial charge in [0, 0.05) is 26.7 Å². The molecule has 5 nitrogen and oxygen atoms in total. The number of nitrogens with two attached hydrogens (primary N) is 1. The predicted molar refractivity (Wildman–Crippen MR) is 114 cm³/mol. The second-order valence-electron chi connectivity index (χ2n) is 6.69. The van der Waals surface area contributed by atoms with E-state index in [2.05, 4.69) is 5.32 Å². The highest BCUT2D eigenvalue weighted by molar-refractivity contribution is 6.35. The minimum atomic E-state index is -1.17. The highest BCUT2D eigenvalue weighted by atomic mass is 35.5. The largest absolute Gasteiger partial charge is 0.545 e. The van der Waals surface area contributed by atoms with Gasteiger partial charge in [0.15, 0.2) is 11.5 Å². The smallest absolute Gasteiger partial charge is 0.161 e. The van der Waals surface area contributed by atoms with Crippen LogP contribution in [0.25, 0.3) is 0 Å². The Bertz CT molecular complexity index is 1020. The Morgan fingerprint density at radius 2 is 1.63 bits per heavy atom. The maximum Gasteiger partial charge on any atom is 0.161 e. The molecule has 0 heterocycles. The van der Waals surface area contributed by atoms with E-state index in [-0.39, 0.29) is 5.56 Å². The van der Waals surface area contributed by atoms with Crippen molar-refractivity contribution < 1.29 is 24.7 Å². The van der Waals surface area contributed by atoms with E-state index in [9.17, 15) is 9.90 Å². The van der Waals surface area contributed by atoms with Crippen molar-refractivity contribution in [1.82, 2.24) is 0 Å². The number of hydrogen-bond acceptors (Lipinski definition) is 4. The molecule has 30 heavy (non-hydrogen) atoms. The van der Waals surface area contributed by atoms with Crippen LogP contribution in [0.5, 0.6) is 11.5 Å². The summed E-state index contributed by atoms with van der Waals surface area (Å²) in [6.45, 7) is 1.77. The van der Waals surface area contributed by atoms with Gasteiger partial charge in [-0.15, -0.1) is 0 Å². The van der Waals surface area contributed by atoms with Gasteiger partial charge in [-0.1, -0.05) is 53.5 Å². The molecule has 0 amide bonds. The molecule has 3 rings (SSSR count). The third kappa shape index (κ3) is 5.89. The lowest BCUT2D eigenvalue weighted by molar-refractivity contribution is -0.686. The molecule has 0 saturated heterocycles. The van der Waals surface area contributed by atoms with Crippen molar-refractivity contribution in [1.29, 1.82) is 0 Å². The van der Waals surface area contributed by atoms with Crippen molar-refractivity contribution in [2.75, 3.05) is 7.11 Å². The van der Waals surface area contributed by atoms with Crippen LogP contribution < -0.4 is 19.9 Å². The minimum absolute atomic E-state index is 0.180. The summed E-state index contributed by atoms with van der Waals surface area (Å²) in [5.41, 5.74) is 3.13. The second-order valence-corrected chi connectivity index (χ2v) is 7.53. The molecule has 0 aromatic heterocycles. The standard InChI is InChI=1S/C23H21Cl2NO4/c1-29-22-10-16(13-26-12-15-2-5-17(6-3-15)23(27)28)4-9-21(22)30-14-18-7-8-19(24)11-20(18)25/h2-11,26H,12-14H2,1H3,(H,27,28). The molecule has 7 heteroatoms. The number of hydrogen-bond donors (Lipinski definition) is 1. The number of rotatable bonds is 9. The van der Waals surface area contributed by atoms with E-state index < -0.39 is 5.97 Å². The van der Waals surface area contributed by atoms with Crippen molar-refractivity contribution in [2.24, 2.45) is 0 Å². The Morgan fingerprint density at radius 3 is 2.30 bits per heavy atom. The number of carboxylic acid groups (broad SMARTS) is 1. The number of carboxylic acids is 1. The van der Waals surface area contributed by atoms with Gasteiger partial charge in [-0.3, -0.25) is 0 Å². The van der Waals surface area contributed by atoms with Crippen molar-refractivity contribution >= 4 is 29.2 Å². The molecule has 0 unspecified atom stereocenters. The number of carbonyl (C=O) groups is 1. The lowest BCUT2D eigenvalue weighted by Gasteiger charge is -2.13. The Labute approximate surface area is 185 Å². The molecule has 2 N–H and O–H groups in total. The minimum Gasteiger partial charge on any atom is -0.545 e. The summed E-state index contributed by atoms with van der Waals surface area (Å²) < 4.78 is 11.3. The highest BCUT2D eigenvalue weighted by Crippen LogP contribution is 2.30. The first kappa shape index (κ1) is 22.0. The first-order chi connectivity index (χ1) is 14.5. The normalized spacial score (nSPS) is 10.6. The molecular formula is C23H21Cl2NO4. The predicted octanol–water partition coefficient (Wildman–Crippen LogP) is 3.21. The number of benzene rings is 3. The topological polar surface area (TPSA) is 75.2 Å². The number of methoxy groups -OCH3 is 1. The molecule has 3 aromatic rings. The molecule has 0 saturated carbocycles. The Kier molecular flexibility index (Phi) is 7.57. The van der Waals surface area contributed by atoms with E-state index in [0.29, 0.717) is 28.2 Å². The fourth-order valence-electron chi connectivity index (χ4n) is 2.93. The average molecular weight is 446 g/mol. The summed E-state index contributed by atoms with van der Waals surface area (Å²) >= 11 is 12.1. The van der Waals surface area contributed by atoms with Gasteiger partial charge in [0.2, 0.25) is 0 Å². The van der Waals surface area contributed by atoms with Crippen LogP contribution in [0.1, 0.15) is 27.0 Å². The summed E-state index contributed by atoms with van der Waals surface area (Å²) in [4.78, 5) is 10.8. The molecule has 0 atom stereocenters. The SMILES string of the molecule is COc1cc(C[NH2+]Cc2ccc(C(=O)[O-])cc2)ccc1OCc1ccc(Cl)cc1Cl. The maximum atomic E-state index is 10.8. The molecule has 0 spiro atoms. The van der Waals surface area contributed by atoms with Crippen LogP contribution in [0, 0.1) is 0 Å². The molecule has 0 aliphatic heterocycles. The van der Waals surface area contributed by atoms with Crippen LogP contribution in [0.4, 0.5) is 0 Å². The zero-order valence-corrected chi connectivity index (χ0v) is 17.9. The van der Waals surface area contributed by atoms with E-state index in [1.54, 1.807) is 43.5 Å². The maximum absolute atomic E-state index is 10.8. The van der Waals surface area contributed by atoms with E-state index >= 15 is 0 Å². The van der Waals surface area contributed by atoms with Crippen molar-refractivity contribution in [3.05, 3.63) is 93.0 Å². The van der Waals surface area contributed by atoms with E-state index in [1.165, 1.54) is 0 Å². The summed E-state index contributed by atoms with van der Waals surface area (Å²) in [5, 5.41) is 14.1. The fourth-order valence-corrected chi connectivity index (χ4v) is 3.40. The van der Waals surface area contributed by atoms with Crippen LogP contribution in [0.15, 0.2) is 60.7 Å². The Balaban J connectivity index is 1.57. The van der Waals surface area contributed by atoms with Crippen LogP contribution in [0.3, 0.4) is 0 Å². The van der Waals surface area contributed by atoms with Gasteiger partial charge in [0.05, 0.1) is 13.1 Å². The van der Waals surface area contributed by atoms with Crippen molar-refractivity contribution in [3.8, 4) is 11.5 Å². The molecular weight excluding hydrogens is 425 g/mol. The van der Waals surface area contributed by atoms with Gasteiger partial charge in [-0.2, -0.15) is 0 Å². The molecule has 156 valence electrons. The number of halogens is 2. The number of quaternary nitrogens is 1. The second kappa shape index (κ2) is 10.3. The number of ether oxygens (including phenoxy) is 2. The zero-order chi connectivity index (χ0) is 21.5. The van der Waals surface area contributed by atoms with Gasteiger partial charge in [0.25, 0.3) is 0 Å². The number of carbonyl (C=O) groups excluding carboxylic acids is 1. The zero-order valence-electron chi connectivity index (χ0n) is 16.4. The summed E-state index contributed by atoms with van der Waals surface area (Å²) in [6.07, 6.45) is 0. The van der Waals surface area contributed by atoms with Crippen LogP contribution in [-0.2, 0) is 19.7 Å². The lowest BCUT2D eigenvalue weighted by atomic mass is 10.1. The molecule has 0 fully saturated rings. The first-order valence-electron chi connectivity index (χ1n) is 9.32. The molecule has 0 radical (unpaired) electrons. The average Bonchev–Trinajstić information content (AvgIpc) is 2.74. The summed E-state index contributed by atoms with van der Waals surface area (Å²) in [6, 6.07) is 17.8. The summed E-state index contributed by atoms with van der Waals surface area (Å²) in [5.74, 6) is 0.104. The third-order valence-corrected chi connectivity index (χ3v) is 5.16. The van der Waals surface area contributed by atoms with Crippen LogP contribution in [-0.4, -0.2) is 13.1 Å². The summed E-state index contributed by atoms with van der Waals surface area (Å²) in [7, 11) is 1.60. The highest BCUT2D eigenvalue weighted by Gasteiger charge is 2.09. The van der Waals surface area contributed by atoms with Gasteiger partial charge < -0.3 is 24.7 Å². The molecule has 0 aliphatic carbocycles. The first-order valence-corrected chi connectivity index (χ1v) is 10.1. The van der Waals surface area contributed by atoms with Gasteiger partial charge >= 0.3 is 0 Å². The van der Waals surface area contributed by atoms with Crippen molar-refractivity contribution in [3.63, 3.8) is 0 Å². The Morgan fingerprint density at radius 1 is 0.933 bits per heavy atom. The molecule has 0 aliphatic rings. The van der Waals surface area contributed by atoms with E-state index in [0.717, 1.165) is 29.8 Å². The van der Waals surface area contributed by atoms with Crippen LogP contribution in [0.2, 0.25) is 10.0 Å². The lowest BCUT2D eigenvalue weighted by Crippen LogP contribution is -2.80. The van der Waals surface area contributed by atoms with Gasteiger partial charge in [-0.25, -0.2) is 0 Å². The van der Waals surface area contributed by atoms with Crippen LogP contribution >= 0.6 is 23.2 Å².